The largest absolute Gasteiger partial charge is 0.0725 e. The predicted octanol–water partition coefficient (Wildman–Crippen LogP) is 17.9. The normalized spacial score (nSPS) is 13.9. The van der Waals surface area contributed by atoms with Gasteiger partial charge in [-0.15, -0.1) is 0 Å². The average molecular weight is 837 g/mol. The third-order valence-electron chi connectivity index (χ3n) is 16.0. The monoisotopic (exact) mass is 836 g/mol. The lowest BCUT2D eigenvalue weighted by atomic mass is 9.70. The van der Waals surface area contributed by atoms with Crippen molar-refractivity contribution in [3.63, 3.8) is 0 Å². The van der Waals surface area contributed by atoms with Crippen LogP contribution in [0.2, 0.25) is 0 Å². The van der Waals surface area contributed by atoms with Gasteiger partial charge >= 0.3 is 0 Å². The number of hydrogen-bond acceptors (Lipinski definition) is 0. The molecule has 15 rings (SSSR count). The summed E-state index contributed by atoms with van der Waals surface area (Å²) in [4.78, 5) is 0. The van der Waals surface area contributed by atoms with Crippen LogP contribution in [-0.2, 0) is 10.8 Å². The zero-order chi connectivity index (χ0) is 43.8. The highest BCUT2D eigenvalue weighted by atomic mass is 14.5. The maximum absolute atomic E-state index is 2.56. The standard InChI is InChI=1S/C66H44/c1-37-35-42-24-26-44(51-28-20-38-11-9-14-43(37)60(38)63(42)51)41-23-31-54-59(36-41)66(56-17-7-5-12-48(56)49-13-6-8-18-57(49)66)58-34-32-47-45(15-10-16-50(47)64(54)58)46-27-19-39-22-30-53-55(65(2,3)4)33-25-40-21-29-52(46)61(39)62(40)53/h5-36H,1-4H3. The SMILES string of the molecule is Cc1cc2ccc(-c3ccc4c(c3)C3(c5ccccc5-c5ccccc53)c3ccc5c(-c6ccc7ccc8c(C(C)(C)C)ccc9ccc6c7c98)cccc5c3-4)c3ccc4cccc1c4c23. The van der Waals surface area contributed by atoms with Crippen LogP contribution in [0.15, 0.2) is 194 Å². The van der Waals surface area contributed by atoms with E-state index >= 15 is 0 Å². The van der Waals surface area contributed by atoms with Gasteiger partial charge in [0.25, 0.3) is 0 Å². The average Bonchev–Trinajstić information content (AvgIpc) is 3.82. The first-order chi connectivity index (χ1) is 32.3. The second-order valence-electron chi connectivity index (χ2n) is 20.3. The van der Waals surface area contributed by atoms with E-state index in [0.717, 1.165) is 0 Å². The molecule has 0 saturated carbocycles. The van der Waals surface area contributed by atoms with Gasteiger partial charge in [0.2, 0.25) is 0 Å². The first-order valence-electron chi connectivity index (χ1n) is 23.6. The molecule has 308 valence electrons. The van der Waals surface area contributed by atoms with E-state index in [4.69, 9.17) is 0 Å². The van der Waals surface area contributed by atoms with Crippen molar-refractivity contribution in [2.75, 3.05) is 0 Å². The highest BCUT2D eigenvalue weighted by molar-refractivity contribution is 6.28. The Morgan fingerprint density at radius 2 is 0.848 bits per heavy atom. The smallest absolute Gasteiger partial charge is 0.0619 e. The van der Waals surface area contributed by atoms with Crippen LogP contribution in [0.1, 0.15) is 54.2 Å². The number of rotatable bonds is 2. The molecule has 66 heavy (non-hydrogen) atoms. The summed E-state index contributed by atoms with van der Waals surface area (Å²) in [5.41, 5.74) is 18.2. The van der Waals surface area contributed by atoms with Gasteiger partial charge in [0.05, 0.1) is 5.41 Å². The van der Waals surface area contributed by atoms with Gasteiger partial charge in [-0.25, -0.2) is 0 Å². The van der Waals surface area contributed by atoms with Crippen molar-refractivity contribution < 1.29 is 0 Å². The third-order valence-corrected chi connectivity index (χ3v) is 16.0. The van der Waals surface area contributed by atoms with E-state index in [1.165, 1.54) is 153 Å². The quantitative estimate of drug-likeness (QED) is 0.152. The Morgan fingerprint density at radius 1 is 0.318 bits per heavy atom. The van der Waals surface area contributed by atoms with Crippen molar-refractivity contribution >= 4 is 75.4 Å². The highest BCUT2D eigenvalue weighted by Crippen LogP contribution is 2.64. The van der Waals surface area contributed by atoms with E-state index in [0.29, 0.717) is 0 Å². The Kier molecular flexibility index (Phi) is 6.92. The second-order valence-corrected chi connectivity index (χ2v) is 20.3. The molecular weight excluding hydrogens is 793 g/mol. The van der Waals surface area contributed by atoms with Crippen LogP contribution < -0.4 is 0 Å². The maximum atomic E-state index is 2.56. The first kappa shape index (κ1) is 36.5. The Labute approximate surface area is 384 Å². The number of fused-ring (bicyclic) bond motifs is 12. The molecule has 2 aliphatic rings. The van der Waals surface area contributed by atoms with Crippen LogP contribution in [-0.4, -0.2) is 0 Å². The van der Waals surface area contributed by atoms with Gasteiger partial charge in [0.15, 0.2) is 0 Å². The van der Waals surface area contributed by atoms with E-state index in [-0.39, 0.29) is 5.41 Å². The Bertz CT molecular complexity index is 4220. The van der Waals surface area contributed by atoms with E-state index in [1.807, 2.05) is 0 Å². The number of benzene rings is 13. The third kappa shape index (κ3) is 4.45. The predicted molar refractivity (Wildman–Crippen MR) is 282 cm³/mol. The molecular formula is C66H44. The molecule has 0 saturated heterocycles. The molecule has 13 aromatic rings. The molecule has 13 aromatic carbocycles. The van der Waals surface area contributed by atoms with Crippen LogP contribution in [0.4, 0.5) is 0 Å². The fourth-order valence-electron chi connectivity index (χ4n) is 13.3. The van der Waals surface area contributed by atoms with Gasteiger partial charge in [0.1, 0.15) is 0 Å². The van der Waals surface area contributed by atoms with Gasteiger partial charge in [0, 0.05) is 0 Å². The Morgan fingerprint density at radius 3 is 1.62 bits per heavy atom. The van der Waals surface area contributed by atoms with Gasteiger partial charge in [-0.05, 0) is 172 Å². The maximum Gasteiger partial charge on any atom is 0.0725 e. The summed E-state index contributed by atoms with van der Waals surface area (Å²) in [5.74, 6) is 0. The molecule has 0 heteroatoms. The molecule has 0 N–H and O–H groups in total. The molecule has 0 aromatic heterocycles. The lowest BCUT2D eigenvalue weighted by Gasteiger charge is -2.31. The van der Waals surface area contributed by atoms with Crippen LogP contribution >= 0.6 is 0 Å². The minimum absolute atomic E-state index is 0.0387. The van der Waals surface area contributed by atoms with E-state index in [9.17, 15) is 0 Å². The van der Waals surface area contributed by atoms with Crippen molar-refractivity contribution in [1.82, 2.24) is 0 Å². The van der Waals surface area contributed by atoms with E-state index < -0.39 is 5.41 Å². The highest BCUT2D eigenvalue weighted by Gasteiger charge is 2.52. The van der Waals surface area contributed by atoms with E-state index in [1.54, 1.807) is 0 Å². The molecule has 2 aliphatic carbocycles. The van der Waals surface area contributed by atoms with Crippen LogP contribution in [0.3, 0.4) is 0 Å². The first-order valence-corrected chi connectivity index (χ1v) is 23.6. The van der Waals surface area contributed by atoms with Crippen molar-refractivity contribution in [2.24, 2.45) is 0 Å². The lowest BCUT2D eigenvalue weighted by molar-refractivity contribution is 0.596. The molecule has 0 nitrogen and oxygen atoms in total. The van der Waals surface area contributed by atoms with Crippen LogP contribution in [0.25, 0.3) is 120 Å². The summed E-state index contributed by atoms with van der Waals surface area (Å²) in [7, 11) is 0. The molecule has 0 bridgehead atoms. The van der Waals surface area contributed by atoms with Crippen LogP contribution in [0, 0.1) is 6.92 Å². The minimum atomic E-state index is -0.475. The molecule has 0 amide bonds. The van der Waals surface area contributed by atoms with Crippen molar-refractivity contribution in [1.29, 1.82) is 0 Å². The van der Waals surface area contributed by atoms with Crippen molar-refractivity contribution in [3.8, 4) is 44.5 Å². The molecule has 0 aliphatic heterocycles. The summed E-state index contributed by atoms with van der Waals surface area (Å²) in [6, 6.07) is 75.1. The zero-order valence-electron chi connectivity index (χ0n) is 37.5. The number of hydrogen-bond donors (Lipinski definition) is 0. The molecule has 0 atom stereocenters. The second kappa shape index (κ2) is 12.5. The minimum Gasteiger partial charge on any atom is -0.0619 e. The summed E-state index contributed by atoms with van der Waals surface area (Å²) in [6.45, 7) is 9.25. The van der Waals surface area contributed by atoms with Gasteiger partial charge in [-0.2, -0.15) is 0 Å². The summed E-state index contributed by atoms with van der Waals surface area (Å²) >= 11 is 0. The Hall–Kier alpha value is -7.80. The van der Waals surface area contributed by atoms with E-state index in [2.05, 4.69) is 222 Å². The van der Waals surface area contributed by atoms with Crippen molar-refractivity contribution in [2.45, 2.75) is 38.5 Å². The van der Waals surface area contributed by atoms with Crippen LogP contribution in [0.5, 0.6) is 0 Å². The summed E-state index contributed by atoms with van der Waals surface area (Å²) in [5, 5.41) is 18.6. The van der Waals surface area contributed by atoms with Gasteiger partial charge in [-0.1, -0.05) is 209 Å². The molecule has 0 fully saturated rings. The molecule has 1 spiro atoms. The molecule has 0 unspecified atom stereocenters. The fraction of sp³-hybridized carbons (Fsp3) is 0.0909. The summed E-state index contributed by atoms with van der Waals surface area (Å²) < 4.78 is 0. The zero-order valence-corrected chi connectivity index (χ0v) is 37.5. The topological polar surface area (TPSA) is 0 Å². The van der Waals surface area contributed by atoms with Gasteiger partial charge in [-0.3, -0.25) is 0 Å². The molecule has 0 radical (unpaired) electrons. The number of aryl methyl sites for hydroxylation is 1. The van der Waals surface area contributed by atoms with Gasteiger partial charge < -0.3 is 0 Å². The van der Waals surface area contributed by atoms with Crippen molar-refractivity contribution in [3.05, 3.63) is 228 Å². The lowest BCUT2D eigenvalue weighted by Crippen LogP contribution is -2.25. The molecule has 0 heterocycles. The fourth-order valence-corrected chi connectivity index (χ4v) is 13.3. The Balaban J connectivity index is 1.01. The summed E-state index contributed by atoms with van der Waals surface area (Å²) in [6.07, 6.45) is 0.